The molecule has 1 N–H and O–H groups in total. The third kappa shape index (κ3) is 5.96. The topological polar surface area (TPSA) is 99.0 Å². The van der Waals surface area contributed by atoms with Crippen LogP contribution in [0.3, 0.4) is 0 Å². The molecule has 0 aliphatic carbocycles. The van der Waals surface area contributed by atoms with Crippen LogP contribution in [0.5, 0.6) is 11.5 Å². The minimum Gasteiger partial charge on any atom is -0.497 e. The summed E-state index contributed by atoms with van der Waals surface area (Å²) in [7, 11) is 3.16. The number of carbonyl (C=O) groups excluding carboxylic acids is 1. The summed E-state index contributed by atoms with van der Waals surface area (Å²) in [5.41, 5.74) is 2.58. The SMILES string of the molecule is COc1ccc(-c2nnc(SCCC(=O)Nc3ccc(N4CCOCC4)cc3)o2)c(OC)c1. The van der Waals surface area contributed by atoms with Gasteiger partial charge < -0.3 is 28.8 Å². The largest absolute Gasteiger partial charge is 0.497 e. The molecule has 2 heterocycles. The molecule has 1 saturated heterocycles. The predicted octanol–water partition coefficient (Wildman–Crippen LogP) is 3.71. The molecule has 10 heteroatoms. The molecule has 1 aliphatic rings. The van der Waals surface area contributed by atoms with Crippen molar-refractivity contribution in [1.82, 2.24) is 10.2 Å². The highest BCUT2D eigenvalue weighted by molar-refractivity contribution is 7.99. The number of hydrogen-bond donors (Lipinski definition) is 1. The summed E-state index contributed by atoms with van der Waals surface area (Å²) in [5, 5.41) is 11.5. The number of hydrogen-bond acceptors (Lipinski definition) is 9. The van der Waals surface area contributed by atoms with Crippen molar-refractivity contribution in [2.45, 2.75) is 11.6 Å². The molecule has 1 aromatic heterocycles. The van der Waals surface area contributed by atoms with Gasteiger partial charge in [-0.1, -0.05) is 11.8 Å². The minimum atomic E-state index is -0.0711. The lowest BCUT2D eigenvalue weighted by atomic mass is 10.2. The lowest BCUT2D eigenvalue weighted by molar-refractivity contribution is -0.115. The van der Waals surface area contributed by atoms with E-state index in [0.717, 1.165) is 37.7 Å². The van der Waals surface area contributed by atoms with Crippen LogP contribution in [0.2, 0.25) is 0 Å². The second kappa shape index (κ2) is 11.1. The zero-order valence-corrected chi connectivity index (χ0v) is 19.4. The van der Waals surface area contributed by atoms with E-state index in [1.807, 2.05) is 24.3 Å². The number of morpholine rings is 1. The van der Waals surface area contributed by atoms with Crippen molar-refractivity contribution in [3.63, 3.8) is 0 Å². The van der Waals surface area contributed by atoms with Crippen molar-refractivity contribution < 1.29 is 23.4 Å². The number of benzene rings is 2. The molecule has 0 unspecified atom stereocenters. The summed E-state index contributed by atoms with van der Waals surface area (Å²) in [4.78, 5) is 14.6. The highest BCUT2D eigenvalue weighted by Crippen LogP contribution is 2.33. The monoisotopic (exact) mass is 470 g/mol. The molecule has 1 amide bonds. The van der Waals surface area contributed by atoms with Crippen LogP contribution >= 0.6 is 11.8 Å². The van der Waals surface area contributed by atoms with Gasteiger partial charge in [0.2, 0.25) is 5.91 Å². The van der Waals surface area contributed by atoms with Gasteiger partial charge in [0.05, 0.1) is 33.0 Å². The lowest BCUT2D eigenvalue weighted by Gasteiger charge is -2.28. The molecule has 0 bridgehead atoms. The number of ether oxygens (including phenoxy) is 3. The Labute approximate surface area is 196 Å². The Kier molecular flexibility index (Phi) is 7.69. The molecule has 2 aromatic carbocycles. The summed E-state index contributed by atoms with van der Waals surface area (Å²) in [6.45, 7) is 3.24. The maximum atomic E-state index is 12.3. The summed E-state index contributed by atoms with van der Waals surface area (Å²) in [6.07, 6.45) is 0.319. The van der Waals surface area contributed by atoms with Crippen molar-refractivity contribution in [2.75, 3.05) is 56.5 Å². The first-order valence-corrected chi connectivity index (χ1v) is 11.6. The molecule has 33 heavy (non-hydrogen) atoms. The average Bonchev–Trinajstić information content (AvgIpc) is 3.33. The first-order valence-electron chi connectivity index (χ1n) is 10.6. The van der Waals surface area contributed by atoms with Crippen molar-refractivity contribution in [1.29, 1.82) is 0 Å². The first kappa shape index (κ1) is 22.9. The van der Waals surface area contributed by atoms with E-state index < -0.39 is 0 Å². The number of thioether (sulfide) groups is 1. The smallest absolute Gasteiger partial charge is 0.276 e. The highest BCUT2D eigenvalue weighted by Gasteiger charge is 2.15. The van der Waals surface area contributed by atoms with Gasteiger partial charge in [0.1, 0.15) is 11.5 Å². The molecule has 0 radical (unpaired) electrons. The molecular formula is C23H26N4O5S. The van der Waals surface area contributed by atoms with Crippen molar-refractivity contribution in [2.24, 2.45) is 0 Å². The third-order valence-electron chi connectivity index (χ3n) is 5.13. The van der Waals surface area contributed by atoms with Crippen LogP contribution in [-0.4, -0.2) is 62.4 Å². The number of anilines is 2. The van der Waals surface area contributed by atoms with Crippen LogP contribution in [0.15, 0.2) is 52.1 Å². The molecule has 3 aromatic rings. The van der Waals surface area contributed by atoms with E-state index in [2.05, 4.69) is 20.4 Å². The standard InChI is InChI=1S/C23H26N4O5S/c1-29-18-7-8-19(20(15-18)30-2)22-25-26-23(32-22)33-14-9-21(28)24-16-3-5-17(6-4-16)27-10-12-31-13-11-27/h3-8,15H,9-14H2,1-2H3,(H,24,28). The fourth-order valence-corrected chi connectivity index (χ4v) is 4.08. The van der Waals surface area contributed by atoms with Gasteiger partial charge in [-0.2, -0.15) is 0 Å². The number of aromatic nitrogens is 2. The Balaban J connectivity index is 1.26. The molecule has 0 atom stereocenters. The molecule has 1 fully saturated rings. The molecule has 0 saturated carbocycles. The lowest BCUT2D eigenvalue weighted by Crippen LogP contribution is -2.36. The van der Waals surface area contributed by atoms with Gasteiger partial charge in [-0.05, 0) is 36.4 Å². The fraction of sp³-hybridized carbons (Fsp3) is 0.348. The summed E-state index contributed by atoms with van der Waals surface area (Å²) < 4.78 is 21.7. The molecule has 4 rings (SSSR count). The quantitative estimate of drug-likeness (QED) is 0.469. The Hall–Kier alpha value is -3.24. The second-order valence-electron chi connectivity index (χ2n) is 7.23. The van der Waals surface area contributed by atoms with Crippen molar-refractivity contribution in [3.05, 3.63) is 42.5 Å². The average molecular weight is 471 g/mol. The minimum absolute atomic E-state index is 0.0711. The van der Waals surface area contributed by atoms with Crippen LogP contribution in [-0.2, 0) is 9.53 Å². The second-order valence-corrected chi connectivity index (χ2v) is 8.28. The van der Waals surface area contributed by atoms with Gasteiger partial charge in [-0.25, -0.2) is 0 Å². The molecule has 0 spiro atoms. The van der Waals surface area contributed by atoms with Gasteiger partial charge in [0.25, 0.3) is 11.1 Å². The molecule has 9 nitrogen and oxygen atoms in total. The van der Waals surface area contributed by atoms with E-state index in [4.69, 9.17) is 18.6 Å². The number of nitrogens with one attached hydrogen (secondary N) is 1. The number of nitrogens with zero attached hydrogens (tertiary/aromatic N) is 3. The predicted molar refractivity (Wildman–Crippen MR) is 126 cm³/mol. The van der Waals surface area contributed by atoms with E-state index in [1.165, 1.54) is 11.8 Å². The van der Waals surface area contributed by atoms with E-state index in [-0.39, 0.29) is 5.91 Å². The van der Waals surface area contributed by atoms with Gasteiger partial charge in [0.15, 0.2) is 0 Å². The molecular weight excluding hydrogens is 444 g/mol. The van der Waals surface area contributed by atoms with Crippen LogP contribution in [0, 0.1) is 0 Å². The highest BCUT2D eigenvalue weighted by atomic mass is 32.2. The molecule has 174 valence electrons. The van der Waals surface area contributed by atoms with E-state index in [9.17, 15) is 4.79 Å². The van der Waals surface area contributed by atoms with Gasteiger partial charge in [-0.15, -0.1) is 10.2 Å². The number of rotatable bonds is 9. The third-order valence-corrected chi connectivity index (χ3v) is 5.95. The zero-order chi connectivity index (χ0) is 23.0. The molecule has 1 aliphatic heterocycles. The summed E-state index contributed by atoms with van der Waals surface area (Å²) in [6, 6.07) is 13.2. The fourth-order valence-electron chi connectivity index (χ4n) is 3.38. The van der Waals surface area contributed by atoms with Crippen molar-refractivity contribution in [3.8, 4) is 23.0 Å². The Morgan fingerprint density at radius 1 is 1.09 bits per heavy atom. The van der Waals surface area contributed by atoms with E-state index in [1.54, 1.807) is 32.4 Å². The van der Waals surface area contributed by atoms with E-state index >= 15 is 0 Å². The van der Waals surface area contributed by atoms with Gasteiger partial charge >= 0.3 is 0 Å². The van der Waals surface area contributed by atoms with Crippen LogP contribution in [0.25, 0.3) is 11.5 Å². The summed E-state index contributed by atoms with van der Waals surface area (Å²) >= 11 is 1.33. The van der Waals surface area contributed by atoms with Crippen LogP contribution in [0.1, 0.15) is 6.42 Å². The van der Waals surface area contributed by atoms with Gasteiger partial charge in [0, 0.05) is 42.7 Å². The Morgan fingerprint density at radius 2 is 1.88 bits per heavy atom. The zero-order valence-electron chi connectivity index (χ0n) is 18.6. The van der Waals surface area contributed by atoms with Crippen LogP contribution in [0.4, 0.5) is 11.4 Å². The Morgan fingerprint density at radius 3 is 2.61 bits per heavy atom. The number of amides is 1. The summed E-state index contributed by atoms with van der Waals surface area (Å²) in [5.74, 6) is 2.04. The van der Waals surface area contributed by atoms with Gasteiger partial charge in [-0.3, -0.25) is 4.79 Å². The Bertz CT molecular complexity index is 1070. The number of methoxy groups -OCH3 is 2. The van der Waals surface area contributed by atoms with Crippen molar-refractivity contribution >= 4 is 29.0 Å². The maximum Gasteiger partial charge on any atom is 0.276 e. The number of carbonyl (C=O) groups is 1. The first-order chi connectivity index (χ1) is 16.2. The van der Waals surface area contributed by atoms with Crippen LogP contribution < -0.4 is 19.7 Å². The normalized spacial score (nSPS) is 13.6. The van der Waals surface area contributed by atoms with E-state index in [0.29, 0.717) is 40.3 Å². The maximum absolute atomic E-state index is 12.3.